The third kappa shape index (κ3) is 15.3. The largest absolute Gasteiger partial charge is 0.456 e. The molecule has 0 atom stereocenters. The van der Waals surface area contributed by atoms with Crippen LogP contribution in [0.3, 0.4) is 0 Å². The minimum Gasteiger partial charge on any atom is -0.456 e. The zero-order valence-corrected chi connectivity index (χ0v) is 37.8. The summed E-state index contributed by atoms with van der Waals surface area (Å²) in [5.74, 6) is 0. The molecule has 42 heavy (non-hydrogen) atoms. The summed E-state index contributed by atoms with van der Waals surface area (Å²) in [4.78, 5) is 0. The molecule has 228 valence electrons. The van der Waals surface area contributed by atoms with E-state index in [1.807, 2.05) is 48.5 Å². The molecule has 24 heteroatoms. The Morgan fingerprint density at radius 1 is 0.452 bits per heavy atom. The molecule has 0 aliphatic rings. The Labute approximate surface area is 309 Å². The molecule has 0 amide bonds. The van der Waals surface area contributed by atoms with Crippen LogP contribution in [-0.4, -0.2) is 0 Å². The number of hydrogen-bond donors (Lipinski definition) is 1. The molecule has 2 N–H and O–H groups in total. The summed E-state index contributed by atoms with van der Waals surface area (Å²) in [5, 5.41) is 2.26. The zero-order valence-electron chi connectivity index (χ0n) is 19.8. The van der Waals surface area contributed by atoms with Gasteiger partial charge in [-0.3, -0.25) is 0 Å². The molecule has 0 fully saturated rings. The summed E-state index contributed by atoms with van der Waals surface area (Å²) in [5.41, 5.74) is 10.8. The van der Waals surface area contributed by atoms with E-state index >= 15 is 0 Å². The number of nitrogens with two attached hydrogens (primary N) is 1. The van der Waals surface area contributed by atoms with Gasteiger partial charge >= 0.3 is 0 Å². The number of benzene rings is 3. The van der Waals surface area contributed by atoms with Crippen LogP contribution >= 0.6 is 0 Å². The fourth-order valence-electron chi connectivity index (χ4n) is 2.86. The topological polar surface area (TPSA) is 39.2 Å². The van der Waals surface area contributed by atoms with E-state index < -0.39 is 0 Å². The molecule has 0 aliphatic carbocycles. The van der Waals surface area contributed by atoms with Gasteiger partial charge in [-0.25, -0.2) is 0 Å². The van der Waals surface area contributed by atoms with E-state index in [-0.39, 0.29) is 0 Å². The number of furan rings is 1. The van der Waals surface area contributed by atoms with Crippen molar-refractivity contribution in [1.82, 2.24) is 0 Å². The summed E-state index contributed by atoms with van der Waals surface area (Å²) >= 11 is 9.53. The Balaban J connectivity index is 0.000000230. The molecule has 0 saturated heterocycles. The van der Waals surface area contributed by atoms with Gasteiger partial charge in [-0.2, -0.15) is 0 Å². The van der Waals surface area contributed by atoms with Crippen LogP contribution in [0.2, 0.25) is 0 Å². The van der Waals surface area contributed by atoms with Gasteiger partial charge in [0.15, 0.2) is 0 Å². The third-order valence-corrected chi connectivity index (χ3v) is 46.4. The number of nitrogen functional groups attached to an aromatic ring is 1. The summed E-state index contributed by atoms with van der Waals surface area (Å²) in [7, 11) is 34.5. The molecular formula is C18H13NOS22. The molecule has 0 spiro atoms. The maximum Gasteiger partial charge on any atom is 0.135 e. The summed E-state index contributed by atoms with van der Waals surface area (Å²) in [6.45, 7) is 0. The van der Waals surface area contributed by atoms with Crippen LogP contribution in [0.1, 0.15) is 0 Å². The molecule has 4 rings (SSSR count). The minimum absolute atomic E-state index is 0.791. The molecule has 4 aromatic rings. The SMILES string of the molecule is Nc1ccccc1-c1ccc2oc3ccccc3c2c1.S=S=S=S=S=S=S=S=S=S=S=S=S=S=S=S=S=S=S=S=S=S. The van der Waals surface area contributed by atoms with Gasteiger partial charge in [-0.15, -0.1) is 0 Å². The number of rotatable bonds is 1. The van der Waals surface area contributed by atoms with Crippen LogP contribution in [0.25, 0.3) is 33.1 Å². The van der Waals surface area contributed by atoms with Crippen molar-refractivity contribution < 1.29 is 4.42 Å². The molecule has 1 aromatic heterocycles. The van der Waals surface area contributed by atoms with Crippen molar-refractivity contribution in [3.63, 3.8) is 0 Å². The summed E-state index contributed by atoms with van der Waals surface area (Å²) < 4.78 is 5.84. The van der Waals surface area contributed by atoms with Gasteiger partial charge in [0.25, 0.3) is 0 Å². The first-order chi connectivity index (χ1) is 20.7. The van der Waals surface area contributed by atoms with Gasteiger partial charge in [0.2, 0.25) is 0 Å². The van der Waals surface area contributed by atoms with Gasteiger partial charge in [0.1, 0.15) is 11.2 Å². The first kappa shape index (κ1) is 38.5. The number of anilines is 1. The fraction of sp³-hybridized carbons (Fsp3) is 0. The number of fused-ring (bicyclic) bond motifs is 3. The molecule has 0 radical (unpaired) electrons. The van der Waals surface area contributed by atoms with Crippen LogP contribution in [0, 0.1) is 0 Å². The van der Waals surface area contributed by atoms with Crippen molar-refractivity contribution in [2.45, 2.75) is 0 Å². The van der Waals surface area contributed by atoms with E-state index in [0.29, 0.717) is 0 Å². The van der Waals surface area contributed by atoms with Crippen LogP contribution < -0.4 is 5.73 Å². The van der Waals surface area contributed by atoms with E-state index in [0.717, 1.165) is 38.8 Å². The maximum absolute atomic E-state index is 6.06. The second-order valence-corrected chi connectivity index (χ2v) is 41.6. The van der Waals surface area contributed by atoms with Crippen LogP contribution in [0.15, 0.2) is 71.1 Å². The normalized spacial score (nSPS) is 9.24. The van der Waals surface area contributed by atoms with Crippen molar-refractivity contribution in [3.05, 3.63) is 66.7 Å². The minimum atomic E-state index is 0.791. The molecule has 2 nitrogen and oxygen atoms in total. The first-order valence-corrected chi connectivity index (χ1v) is 38.1. The van der Waals surface area contributed by atoms with Crippen LogP contribution in [-0.2, 0) is 200 Å². The van der Waals surface area contributed by atoms with Crippen LogP contribution in [0.5, 0.6) is 0 Å². The highest BCUT2D eigenvalue weighted by Crippen LogP contribution is 2.33. The molecule has 0 aliphatic heterocycles. The van der Waals surface area contributed by atoms with Crippen molar-refractivity contribution >= 4 is 228 Å². The summed E-state index contributed by atoms with van der Waals surface area (Å²) in [6.07, 6.45) is 0. The predicted octanol–water partition coefficient (Wildman–Crippen LogP) is 4.78. The Morgan fingerprint density at radius 3 is 1.38 bits per heavy atom. The Hall–Kier alpha value is 2.10. The Kier molecular flexibility index (Phi) is 23.1. The Morgan fingerprint density at radius 2 is 0.881 bits per heavy atom. The molecule has 0 bridgehead atoms. The highest BCUT2D eigenvalue weighted by molar-refractivity contribution is 8.78. The van der Waals surface area contributed by atoms with Gasteiger partial charge in [0.05, 0.1) is 0 Å². The van der Waals surface area contributed by atoms with E-state index in [2.05, 4.69) is 18.2 Å². The highest BCUT2D eigenvalue weighted by atomic mass is 33.5. The highest BCUT2D eigenvalue weighted by Gasteiger charge is 2.08. The number of para-hydroxylation sites is 2. The lowest BCUT2D eigenvalue weighted by Gasteiger charge is -2.05. The molecule has 3 aromatic carbocycles. The van der Waals surface area contributed by atoms with Crippen molar-refractivity contribution in [2.75, 3.05) is 5.73 Å². The molecular weight excluding hydrogens is 952 g/mol. The third-order valence-electron chi connectivity index (χ3n) is 4.18. The van der Waals surface area contributed by atoms with Gasteiger partial charge in [0, 0.05) is 222 Å². The van der Waals surface area contributed by atoms with Gasteiger partial charge in [-0.05, 0) is 29.8 Å². The monoisotopic (exact) mass is 962 g/mol. The van der Waals surface area contributed by atoms with E-state index in [9.17, 15) is 0 Å². The van der Waals surface area contributed by atoms with Gasteiger partial charge in [-0.1, -0.05) is 42.5 Å². The predicted molar refractivity (Wildman–Crippen MR) is 246 cm³/mol. The average molecular weight is 965 g/mol. The lowest BCUT2D eigenvalue weighted by atomic mass is 10.0. The second-order valence-electron chi connectivity index (χ2n) is 6.26. The average Bonchev–Trinajstić information content (AvgIpc) is 3.39. The van der Waals surface area contributed by atoms with Crippen molar-refractivity contribution in [3.8, 4) is 11.1 Å². The molecule has 0 unspecified atom stereocenters. The van der Waals surface area contributed by atoms with Crippen LogP contribution in [0.4, 0.5) is 5.69 Å². The first-order valence-electron chi connectivity index (χ1n) is 10.1. The Bertz CT molecular complexity index is 2400. The second kappa shape index (κ2) is 25.2. The smallest absolute Gasteiger partial charge is 0.135 e. The van der Waals surface area contributed by atoms with Crippen molar-refractivity contribution in [2.24, 2.45) is 0 Å². The van der Waals surface area contributed by atoms with E-state index in [1.54, 1.807) is 160 Å². The summed E-state index contributed by atoms with van der Waals surface area (Å²) in [6, 6.07) is 22.2. The quantitative estimate of drug-likeness (QED) is 0.279. The van der Waals surface area contributed by atoms with Gasteiger partial charge < -0.3 is 10.2 Å². The van der Waals surface area contributed by atoms with E-state index in [4.69, 9.17) is 32.5 Å². The molecule has 0 saturated carbocycles. The zero-order chi connectivity index (χ0) is 29.7. The molecule has 1 heterocycles. The van der Waals surface area contributed by atoms with Crippen molar-refractivity contribution in [1.29, 1.82) is 0 Å². The standard InChI is InChI=1S/C18H13NO.S22/c19-16-7-3-1-5-13(16)12-9-10-18-15(11-12)14-6-2-4-8-17(14)20-18;1-3-5-7-9-11-13-15-17-19-21-22-20-18-16-14-12-10-8-6-4-2/h1-11H,19H2;. The lowest BCUT2D eigenvalue weighted by molar-refractivity contribution is 0.669. The maximum atomic E-state index is 6.06. The van der Waals surface area contributed by atoms with E-state index in [1.165, 1.54) is 17.8 Å². The lowest BCUT2D eigenvalue weighted by Crippen LogP contribution is -1.88. The fourth-order valence-corrected chi connectivity index (χ4v) is 52.3. The number of hydrogen-bond acceptors (Lipinski definition) is 4.